The van der Waals surface area contributed by atoms with Crippen LogP contribution in [0.1, 0.15) is 10.4 Å². The van der Waals surface area contributed by atoms with Crippen LogP contribution in [0.3, 0.4) is 0 Å². The highest BCUT2D eigenvalue weighted by Gasteiger charge is 2.12. The summed E-state index contributed by atoms with van der Waals surface area (Å²) in [6.45, 7) is 0.395. The lowest BCUT2D eigenvalue weighted by molar-refractivity contribution is 0.234. The van der Waals surface area contributed by atoms with Crippen LogP contribution >= 0.6 is 11.3 Å². The molecule has 2 aromatic rings. The minimum absolute atomic E-state index is 0.101. The number of rotatable bonds is 0. The van der Waals surface area contributed by atoms with Crippen molar-refractivity contribution in [3.05, 3.63) is 51.2 Å². The second kappa shape index (κ2) is 3.21. The lowest BCUT2D eigenvalue weighted by Gasteiger charge is -2.10. The van der Waals surface area contributed by atoms with Gasteiger partial charge in [0.25, 0.3) is 0 Å². The first-order valence-electron chi connectivity index (χ1n) is 4.69. The maximum Gasteiger partial charge on any atom is 0.195 e. The van der Waals surface area contributed by atoms with Crippen LogP contribution in [0, 0.1) is 0 Å². The zero-order chi connectivity index (χ0) is 10.3. The van der Waals surface area contributed by atoms with Crippen molar-refractivity contribution in [1.82, 2.24) is 0 Å². The number of benzene rings is 1. The number of fused-ring (bicyclic) bond motifs is 2. The molecule has 1 aliphatic rings. The highest BCUT2D eigenvalue weighted by atomic mass is 32.1. The zero-order valence-corrected chi connectivity index (χ0v) is 8.71. The lowest BCUT2D eigenvalue weighted by atomic mass is 10.1. The van der Waals surface area contributed by atoms with Crippen LogP contribution in [0.2, 0.25) is 0 Å². The Morgan fingerprint density at radius 1 is 1.27 bits per heavy atom. The summed E-state index contributed by atoms with van der Waals surface area (Å²) in [5.74, 6) is 0. The SMILES string of the molecule is O=c1c2c(sc3ccccc13)C=COC2. The predicted molar refractivity (Wildman–Crippen MR) is 61.9 cm³/mol. The third-order valence-electron chi connectivity index (χ3n) is 2.47. The molecule has 1 aromatic carbocycles. The smallest absolute Gasteiger partial charge is 0.195 e. The number of hydrogen-bond donors (Lipinski definition) is 0. The van der Waals surface area contributed by atoms with Gasteiger partial charge in [-0.25, -0.2) is 0 Å². The number of hydrogen-bond acceptors (Lipinski definition) is 3. The Balaban J connectivity index is 2.48. The van der Waals surface area contributed by atoms with E-state index in [0.717, 1.165) is 20.5 Å². The van der Waals surface area contributed by atoms with Crippen molar-refractivity contribution >= 4 is 27.5 Å². The molecule has 0 fully saturated rings. The first-order chi connectivity index (χ1) is 7.36. The Hall–Kier alpha value is -1.61. The van der Waals surface area contributed by atoms with Crippen LogP contribution < -0.4 is 5.43 Å². The molecule has 2 nitrogen and oxygen atoms in total. The van der Waals surface area contributed by atoms with Gasteiger partial charge in [0.1, 0.15) is 6.61 Å². The van der Waals surface area contributed by atoms with E-state index in [-0.39, 0.29) is 5.43 Å². The molecular formula is C12H8O2S. The highest BCUT2D eigenvalue weighted by Crippen LogP contribution is 2.25. The third kappa shape index (κ3) is 1.27. The second-order valence-electron chi connectivity index (χ2n) is 3.38. The molecule has 0 bridgehead atoms. The van der Waals surface area contributed by atoms with Crippen LogP contribution in [0.15, 0.2) is 35.3 Å². The monoisotopic (exact) mass is 216 g/mol. The molecule has 1 aliphatic heterocycles. The Morgan fingerprint density at radius 3 is 3.07 bits per heavy atom. The Morgan fingerprint density at radius 2 is 2.13 bits per heavy atom. The van der Waals surface area contributed by atoms with Gasteiger partial charge in [0, 0.05) is 15.0 Å². The average Bonchev–Trinajstić information content (AvgIpc) is 2.30. The molecule has 0 N–H and O–H groups in total. The molecule has 0 atom stereocenters. The standard InChI is InChI=1S/C12H8O2S/c13-12-8-3-1-2-4-10(8)15-11-5-6-14-7-9(11)12/h1-6H,7H2. The minimum Gasteiger partial charge on any atom is -0.496 e. The largest absolute Gasteiger partial charge is 0.496 e. The van der Waals surface area contributed by atoms with E-state index < -0.39 is 0 Å². The highest BCUT2D eigenvalue weighted by molar-refractivity contribution is 7.19. The van der Waals surface area contributed by atoms with Gasteiger partial charge in [0.05, 0.1) is 11.8 Å². The Kier molecular flexibility index (Phi) is 1.86. The Bertz CT molecular complexity index is 611. The molecule has 0 unspecified atom stereocenters. The van der Waals surface area contributed by atoms with Gasteiger partial charge in [-0.1, -0.05) is 12.1 Å². The molecule has 15 heavy (non-hydrogen) atoms. The molecule has 0 saturated heterocycles. The molecule has 0 aliphatic carbocycles. The quantitative estimate of drug-likeness (QED) is 0.676. The molecular weight excluding hydrogens is 208 g/mol. The summed E-state index contributed by atoms with van der Waals surface area (Å²) < 4.78 is 6.19. The maximum absolute atomic E-state index is 12.1. The maximum atomic E-state index is 12.1. The summed E-state index contributed by atoms with van der Waals surface area (Å²) in [5.41, 5.74) is 0.880. The van der Waals surface area contributed by atoms with Crippen molar-refractivity contribution < 1.29 is 4.74 Å². The minimum atomic E-state index is 0.101. The fourth-order valence-corrected chi connectivity index (χ4v) is 2.76. The molecule has 2 heterocycles. The van der Waals surface area contributed by atoms with Crippen molar-refractivity contribution in [3.8, 4) is 0 Å². The normalized spacial score (nSPS) is 13.6. The van der Waals surface area contributed by atoms with Gasteiger partial charge in [-0.15, -0.1) is 11.3 Å². The van der Waals surface area contributed by atoms with Crippen LogP contribution in [0.25, 0.3) is 16.2 Å². The van der Waals surface area contributed by atoms with E-state index >= 15 is 0 Å². The van der Waals surface area contributed by atoms with Gasteiger partial charge < -0.3 is 4.74 Å². The van der Waals surface area contributed by atoms with Gasteiger partial charge in [-0.05, 0) is 18.2 Å². The number of ether oxygens (including phenoxy) is 1. The molecule has 0 saturated carbocycles. The molecule has 3 rings (SSSR count). The molecule has 0 spiro atoms. The lowest BCUT2D eigenvalue weighted by Crippen LogP contribution is -2.12. The van der Waals surface area contributed by atoms with Crippen molar-refractivity contribution in [2.45, 2.75) is 6.61 Å². The first-order valence-corrected chi connectivity index (χ1v) is 5.51. The van der Waals surface area contributed by atoms with Crippen LogP contribution in [0.4, 0.5) is 0 Å². The van der Waals surface area contributed by atoms with E-state index in [1.54, 1.807) is 17.6 Å². The fraction of sp³-hybridized carbons (Fsp3) is 0.0833. The Labute approximate surface area is 90.4 Å². The van der Waals surface area contributed by atoms with E-state index in [0.29, 0.717) is 6.61 Å². The van der Waals surface area contributed by atoms with E-state index in [4.69, 9.17) is 4.74 Å². The van der Waals surface area contributed by atoms with Crippen LogP contribution in [0.5, 0.6) is 0 Å². The third-order valence-corrected chi connectivity index (χ3v) is 3.64. The van der Waals surface area contributed by atoms with Crippen molar-refractivity contribution in [3.63, 3.8) is 0 Å². The predicted octanol–water partition coefficient (Wildman–Crippen LogP) is 2.76. The summed E-state index contributed by atoms with van der Waals surface area (Å²) in [7, 11) is 0. The van der Waals surface area contributed by atoms with Crippen molar-refractivity contribution in [2.75, 3.05) is 0 Å². The summed E-state index contributed by atoms with van der Waals surface area (Å²) in [4.78, 5) is 13.1. The van der Waals surface area contributed by atoms with E-state index in [2.05, 4.69) is 0 Å². The van der Waals surface area contributed by atoms with Gasteiger partial charge in [-0.3, -0.25) is 4.79 Å². The summed E-state index contributed by atoms with van der Waals surface area (Å²) >= 11 is 1.64. The average molecular weight is 216 g/mol. The summed E-state index contributed by atoms with van der Waals surface area (Å²) in [6, 6.07) is 7.69. The molecule has 0 radical (unpaired) electrons. The molecule has 3 heteroatoms. The van der Waals surface area contributed by atoms with Crippen molar-refractivity contribution in [2.24, 2.45) is 0 Å². The van der Waals surface area contributed by atoms with E-state index in [1.807, 2.05) is 30.3 Å². The van der Waals surface area contributed by atoms with E-state index in [1.165, 1.54) is 0 Å². The van der Waals surface area contributed by atoms with Crippen LogP contribution in [-0.4, -0.2) is 0 Å². The topological polar surface area (TPSA) is 26.3 Å². The zero-order valence-electron chi connectivity index (χ0n) is 7.90. The second-order valence-corrected chi connectivity index (χ2v) is 4.47. The molecule has 74 valence electrons. The van der Waals surface area contributed by atoms with Gasteiger partial charge in [-0.2, -0.15) is 0 Å². The van der Waals surface area contributed by atoms with Gasteiger partial charge in [0.15, 0.2) is 5.43 Å². The molecule has 0 amide bonds. The first kappa shape index (κ1) is 8.68. The fourth-order valence-electron chi connectivity index (χ4n) is 1.71. The van der Waals surface area contributed by atoms with Crippen molar-refractivity contribution in [1.29, 1.82) is 0 Å². The molecule has 1 aromatic heterocycles. The summed E-state index contributed by atoms with van der Waals surface area (Å²) in [6.07, 6.45) is 3.50. The van der Waals surface area contributed by atoms with Gasteiger partial charge in [0.2, 0.25) is 0 Å². The summed E-state index contributed by atoms with van der Waals surface area (Å²) in [5, 5.41) is 0.792. The van der Waals surface area contributed by atoms with Crippen LogP contribution in [-0.2, 0) is 11.3 Å². The van der Waals surface area contributed by atoms with Gasteiger partial charge >= 0.3 is 0 Å². The van der Waals surface area contributed by atoms with E-state index in [9.17, 15) is 4.79 Å².